The van der Waals surface area contributed by atoms with E-state index in [9.17, 15) is 9.90 Å². The van der Waals surface area contributed by atoms with Crippen LogP contribution in [0, 0.1) is 0 Å². The molecule has 0 saturated carbocycles. The van der Waals surface area contributed by atoms with Crippen molar-refractivity contribution in [3.05, 3.63) is 21.9 Å². The average Bonchev–Trinajstić information content (AvgIpc) is 2.48. The van der Waals surface area contributed by atoms with Gasteiger partial charge in [0.15, 0.2) is 0 Å². The van der Waals surface area contributed by atoms with Crippen molar-refractivity contribution in [2.24, 2.45) is 0 Å². The summed E-state index contributed by atoms with van der Waals surface area (Å²) in [5.41, 5.74) is 0.348. The standard InChI is InChI=1S/C10H13BrO3/c1-3-4-8(12)7-5-9(6(2)11)14-10(7)13/h5,8,12H,3-4H2,1-2H3/b9-6-. The van der Waals surface area contributed by atoms with Crippen molar-refractivity contribution in [1.29, 1.82) is 0 Å². The van der Waals surface area contributed by atoms with Crippen molar-refractivity contribution in [3.63, 3.8) is 0 Å². The molecule has 0 fully saturated rings. The number of carbonyl (C=O) groups is 1. The Bertz CT molecular complexity index is 300. The lowest BCUT2D eigenvalue weighted by atomic mass is 10.1. The molecule has 0 aromatic carbocycles. The highest BCUT2D eigenvalue weighted by Gasteiger charge is 2.27. The van der Waals surface area contributed by atoms with Gasteiger partial charge in [0, 0.05) is 4.48 Å². The number of esters is 1. The van der Waals surface area contributed by atoms with Gasteiger partial charge in [-0.1, -0.05) is 29.3 Å². The van der Waals surface area contributed by atoms with Crippen LogP contribution in [0.1, 0.15) is 26.7 Å². The molecular weight excluding hydrogens is 248 g/mol. The van der Waals surface area contributed by atoms with Crippen LogP contribution in [0.4, 0.5) is 0 Å². The molecular formula is C10H13BrO3. The van der Waals surface area contributed by atoms with E-state index in [1.807, 2.05) is 6.92 Å². The van der Waals surface area contributed by atoms with Crippen molar-refractivity contribution in [2.45, 2.75) is 32.8 Å². The smallest absolute Gasteiger partial charge is 0.342 e. The van der Waals surface area contributed by atoms with E-state index in [2.05, 4.69) is 15.9 Å². The van der Waals surface area contributed by atoms with Crippen LogP contribution in [-0.2, 0) is 9.53 Å². The molecule has 1 unspecified atom stereocenters. The van der Waals surface area contributed by atoms with Crippen LogP contribution >= 0.6 is 15.9 Å². The Balaban J connectivity index is 2.84. The minimum atomic E-state index is -0.711. The molecule has 1 atom stereocenters. The van der Waals surface area contributed by atoms with Crippen molar-refractivity contribution in [2.75, 3.05) is 0 Å². The summed E-state index contributed by atoms with van der Waals surface area (Å²) in [6.07, 6.45) is 2.29. The highest BCUT2D eigenvalue weighted by atomic mass is 79.9. The number of hydrogen-bond acceptors (Lipinski definition) is 3. The van der Waals surface area contributed by atoms with E-state index < -0.39 is 12.1 Å². The van der Waals surface area contributed by atoms with E-state index in [0.717, 1.165) is 10.9 Å². The lowest BCUT2D eigenvalue weighted by Gasteiger charge is -2.06. The fourth-order valence-electron chi connectivity index (χ4n) is 1.22. The highest BCUT2D eigenvalue weighted by Crippen LogP contribution is 2.26. The molecule has 0 bridgehead atoms. The molecule has 0 radical (unpaired) electrons. The third-order valence-corrected chi connectivity index (χ3v) is 2.38. The molecule has 14 heavy (non-hydrogen) atoms. The maximum absolute atomic E-state index is 11.3. The van der Waals surface area contributed by atoms with E-state index in [0.29, 0.717) is 17.8 Å². The second-order valence-electron chi connectivity index (χ2n) is 3.19. The van der Waals surface area contributed by atoms with E-state index >= 15 is 0 Å². The van der Waals surface area contributed by atoms with Crippen molar-refractivity contribution < 1.29 is 14.6 Å². The third-order valence-electron chi connectivity index (χ3n) is 1.99. The minimum absolute atomic E-state index is 0.348. The van der Waals surface area contributed by atoms with E-state index in [4.69, 9.17) is 4.74 Å². The zero-order chi connectivity index (χ0) is 10.7. The molecule has 1 heterocycles. The second-order valence-corrected chi connectivity index (χ2v) is 4.38. The minimum Gasteiger partial charge on any atom is -0.422 e. The quantitative estimate of drug-likeness (QED) is 0.792. The number of hydrogen-bond donors (Lipinski definition) is 1. The van der Waals surface area contributed by atoms with Gasteiger partial charge in [0.2, 0.25) is 0 Å². The van der Waals surface area contributed by atoms with Gasteiger partial charge in [-0.05, 0) is 19.4 Å². The van der Waals surface area contributed by atoms with Crippen LogP contribution in [0.15, 0.2) is 21.9 Å². The monoisotopic (exact) mass is 260 g/mol. The van der Waals surface area contributed by atoms with Gasteiger partial charge in [0.05, 0.1) is 11.7 Å². The second kappa shape index (κ2) is 4.75. The zero-order valence-corrected chi connectivity index (χ0v) is 9.80. The van der Waals surface area contributed by atoms with Crippen molar-refractivity contribution >= 4 is 21.9 Å². The number of aliphatic hydroxyl groups excluding tert-OH is 1. The highest BCUT2D eigenvalue weighted by molar-refractivity contribution is 9.11. The Labute approximate surface area is 91.6 Å². The predicted molar refractivity (Wildman–Crippen MR) is 56.7 cm³/mol. The summed E-state index contributed by atoms with van der Waals surface area (Å²) in [6.45, 7) is 3.74. The maximum atomic E-state index is 11.3. The van der Waals surface area contributed by atoms with Gasteiger partial charge in [-0.3, -0.25) is 0 Å². The maximum Gasteiger partial charge on any atom is 0.342 e. The molecule has 1 aliphatic heterocycles. The largest absolute Gasteiger partial charge is 0.422 e. The van der Waals surface area contributed by atoms with Gasteiger partial charge in [-0.25, -0.2) is 4.79 Å². The molecule has 4 heteroatoms. The van der Waals surface area contributed by atoms with Gasteiger partial charge in [0.1, 0.15) is 5.76 Å². The number of ether oxygens (including phenoxy) is 1. The van der Waals surface area contributed by atoms with Crippen LogP contribution < -0.4 is 0 Å². The Hall–Kier alpha value is -0.610. The van der Waals surface area contributed by atoms with Gasteiger partial charge in [0.25, 0.3) is 0 Å². The molecule has 3 nitrogen and oxygen atoms in total. The molecule has 0 amide bonds. The summed E-state index contributed by atoms with van der Waals surface area (Å²) in [7, 11) is 0. The lowest BCUT2D eigenvalue weighted by molar-refractivity contribution is -0.134. The van der Waals surface area contributed by atoms with Crippen LogP contribution in [0.3, 0.4) is 0 Å². The molecule has 1 N–H and O–H groups in total. The first-order chi connectivity index (χ1) is 6.56. The summed E-state index contributed by atoms with van der Waals surface area (Å²) in [5, 5.41) is 9.61. The van der Waals surface area contributed by atoms with Crippen LogP contribution in [0.5, 0.6) is 0 Å². The molecule has 0 spiro atoms. The summed E-state index contributed by atoms with van der Waals surface area (Å²) in [6, 6.07) is 0. The molecule has 1 rings (SSSR count). The number of aliphatic hydroxyl groups is 1. The van der Waals surface area contributed by atoms with E-state index in [-0.39, 0.29) is 0 Å². The first kappa shape index (κ1) is 11.5. The number of carbonyl (C=O) groups excluding carboxylic acids is 1. The number of allylic oxidation sites excluding steroid dienone is 2. The fourth-order valence-corrected chi connectivity index (χ4v) is 1.41. The summed E-state index contributed by atoms with van der Waals surface area (Å²) >= 11 is 3.22. The summed E-state index contributed by atoms with van der Waals surface area (Å²) < 4.78 is 5.70. The van der Waals surface area contributed by atoms with Crippen molar-refractivity contribution in [1.82, 2.24) is 0 Å². The zero-order valence-electron chi connectivity index (χ0n) is 8.21. The SMILES string of the molecule is CCCC(O)C1=C/C(=C(\C)Br)OC1=O. The molecule has 1 aliphatic rings. The molecule has 0 aromatic rings. The van der Waals surface area contributed by atoms with E-state index in [1.165, 1.54) is 0 Å². The Morgan fingerprint density at radius 3 is 2.79 bits per heavy atom. The summed E-state index contributed by atoms with van der Waals surface area (Å²) in [4.78, 5) is 11.3. The van der Waals surface area contributed by atoms with Crippen LogP contribution in [0.2, 0.25) is 0 Å². The third kappa shape index (κ3) is 2.45. The fraction of sp³-hybridized carbons (Fsp3) is 0.500. The Morgan fingerprint density at radius 2 is 2.36 bits per heavy atom. The lowest BCUT2D eigenvalue weighted by Crippen LogP contribution is -2.15. The number of halogens is 1. The van der Waals surface area contributed by atoms with Gasteiger partial charge in [-0.15, -0.1) is 0 Å². The predicted octanol–water partition coefficient (Wildman–Crippen LogP) is 2.26. The van der Waals surface area contributed by atoms with Crippen LogP contribution in [0.25, 0.3) is 0 Å². The summed E-state index contributed by atoms with van der Waals surface area (Å²) in [5.74, 6) is 0.0416. The number of cyclic esters (lactones) is 1. The average molecular weight is 261 g/mol. The Morgan fingerprint density at radius 1 is 1.71 bits per heavy atom. The molecule has 78 valence electrons. The van der Waals surface area contributed by atoms with Crippen molar-refractivity contribution in [3.8, 4) is 0 Å². The van der Waals surface area contributed by atoms with E-state index in [1.54, 1.807) is 13.0 Å². The first-order valence-electron chi connectivity index (χ1n) is 4.54. The Kier molecular flexibility index (Phi) is 3.89. The molecule has 0 aliphatic carbocycles. The normalized spacial score (nSPS) is 21.7. The van der Waals surface area contributed by atoms with Gasteiger partial charge < -0.3 is 9.84 Å². The molecule has 0 aromatic heterocycles. The molecule has 0 saturated heterocycles. The first-order valence-corrected chi connectivity index (χ1v) is 5.33. The van der Waals surface area contributed by atoms with Crippen LogP contribution in [-0.4, -0.2) is 17.2 Å². The van der Waals surface area contributed by atoms with Gasteiger partial charge in [-0.2, -0.15) is 0 Å². The van der Waals surface area contributed by atoms with Gasteiger partial charge >= 0.3 is 5.97 Å². The number of rotatable bonds is 3. The topological polar surface area (TPSA) is 46.5 Å².